The van der Waals surface area contributed by atoms with Crippen LogP contribution in [0.4, 0.5) is 0 Å². The molecule has 1 aliphatic carbocycles. The van der Waals surface area contributed by atoms with E-state index in [0.717, 1.165) is 25.8 Å². The highest BCUT2D eigenvalue weighted by molar-refractivity contribution is 14.0. The lowest BCUT2D eigenvalue weighted by Gasteiger charge is -2.25. The molecule has 1 saturated carbocycles. The van der Waals surface area contributed by atoms with Gasteiger partial charge in [0.2, 0.25) is 15.9 Å². The van der Waals surface area contributed by atoms with E-state index in [1.165, 1.54) is 6.42 Å². The van der Waals surface area contributed by atoms with Gasteiger partial charge in [-0.2, -0.15) is 0 Å². The quantitative estimate of drug-likeness (QED) is 0.256. The fraction of sp³-hybridized carbons (Fsp3) is 0.875. The highest BCUT2D eigenvalue weighted by atomic mass is 127. The SMILES string of the molecule is CCC(=O)N1CCC(NC(=NC)NCCS(=O)(=O)NCC2CCC2)C1.I. The molecule has 2 fully saturated rings. The zero-order valence-corrected chi connectivity index (χ0v) is 18.8. The normalized spacial score (nSPS) is 21.1. The molecule has 0 aromatic carbocycles. The van der Waals surface area contributed by atoms with Gasteiger partial charge in [-0.1, -0.05) is 13.3 Å². The third-order valence-electron chi connectivity index (χ3n) is 4.89. The van der Waals surface area contributed by atoms with Gasteiger partial charge >= 0.3 is 0 Å². The van der Waals surface area contributed by atoms with Crippen molar-refractivity contribution in [3.05, 3.63) is 0 Å². The fourth-order valence-electron chi connectivity index (χ4n) is 3.03. The number of aliphatic imine (C=N–C) groups is 1. The van der Waals surface area contributed by atoms with E-state index >= 15 is 0 Å². The van der Waals surface area contributed by atoms with Crippen LogP contribution < -0.4 is 15.4 Å². The van der Waals surface area contributed by atoms with Gasteiger partial charge in [-0.25, -0.2) is 13.1 Å². The molecule has 8 nitrogen and oxygen atoms in total. The summed E-state index contributed by atoms with van der Waals surface area (Å²) in [5.41, 5.74) is 0. The van der Waals surface area contributed by atoms with Gasteiger partial charge in [0.15, 0.2) is 5.96 Å². The van der Waals surface area contributed by atoms with E-state index in [0.29, 0.717) is 37.9 Å². The first-order valence-corrected chi connectivity index (χ1v) is 10.8. The highest BCUT2D eigenvalue weighted by Crippen LogP contribution is 2.25. The van der Waals surface area contributed by atoms with E-state index in [1.807, 2.05) is 11.8 Å². The van der Waals surface area contributed by atoms with Crippen molar-refractivity contribution < 1.29 is 13.2 Å². The van der Waals surface area contributed by atoms with Gasteiger partial charge < -0.3 is 15.5 Å². The fourth-order valence-corrected chi connectivity index (χ4v) is 4.04. The van der Waals surface area contributed by atoms with Crippen LogP contribution in [-0.4, -0.2) is 70.2 Å². The molecule has 10 heteroatoms. The Labute approximate surface area is 174 Å². The molecular weight excluding hydrogens is 469 g/mol. The largest absolute Gasteiger partial charge is 0.355 e. The van der Waals surface area contributed by atoms with Gasteiger partial charge in [0.05, 0.1) is 5.75 Å². The number of carbonyl (C=O) groups excluding carboxylic acids is 1. The predicted molar refractivity (Wildman–Crippen MR) is 114 cm³/mol. The summed E-state index contributed by atoms with van der Waals surface area (Å²) < 4.78 is 26.6. The average Bonchev–Trinajstić information content (AvgIpc) is 3.00. The van der Waals surface area contributed by atoms with Crippen molar-refractivity contribution in [2.45, 2.75) is 45.1 Å². The van der Waals surface area contributed by atoms with Crippen LogP contribution in [0.2, 0.25) is 0 Å². The second kappa shape index (κ2) is 11.3. The molecule has 1 aliphatic heterocycles. The van der Waals surface area contributed by atoms with Crippen LogP contribution >= 0.6 is 24.0 Å². The van der Waals surface area contributed by atoms with Gasteiger partial charge in [0.25, 0.3) is 0 Å². The molecule has 0 aromatic heterocycles. The molecule has 3 N–H and O–H groups in total. The molecule has 1 unspecified atom stereocenters. The van der Waals surface area contributed by atoms with Crippen LogP contribution in [0.15, 0.2) is 4.99 Å². The van der Waals surface area contributed by atoms with Crippen LogP contribution in [0.3, 0.4) is 0 Å². The first-order chi connectivity index (χ1) is 11.9. The second-order valence-corrected chi connectivity index (χ2v) is 8.71. The summed E-state index contributed by atoms with van der Waals surface area (Å²) >= 11 is 0. The van der Waals surface area contributed by atoms with E-state index in [-0.39, 0.29) is 41.7 Å². The minimum absolute atomic E-state index is 0. The molecule has 1 atom stereocenters. The zero-order valence-electron chi connectivity index (χ0n) is 15.7. The summed E-state index contributed by atoms with van der Waals surface area (Å²) in [5, 5.41) is 6.30. The Morgan fingerprint density at radius 1 is 1.27 bits per heavy atom. The topological polar surface area (TPSA) is 103 Å². The number of carbonyl (C=O) groups is 1. The molecule has 2 aliphatic rings. The first kappa shape index (κ1) is 23.4. The lowest BCUT2D eigenvalue weighted by atomic mass is 9.86. The number of amides is 1. The number of guanidine groups is 1. The maximum absolute atomic E-state index is 12.0. The monoisotopic (exact) mass is 501 g/mol. The van der Waals surface area contributed by atoms with Crippen molar-refractivity contribution in [3.63, 3.8) is 0 Å². The minimum Gasteiger partial charge on any atom is -0.355 e. The lowest BCUT2D eigenvalue weighted by molar-refractivity contribution is -0.129. The van der Waals surface area contributed by atoms with Gasteiger partial charge in [-0.05, 0) is 25.2 Å². The smallest absolute Gasteiger partial charge is 0.222 e. The number of likely N-dealkylation sites (tertiary alicyclic amines) is 1. The van der Waals surface area contributed by atoms with E-state index in [9.17, 15) is 13.2 Å². The lowest BCUT2D eigenvalue weighted by Crippen LogP contribution is -2.46. The van der Waals surface area contributed by atoms with E-state index in [2.05, 4.69) is 20.3 Å². The molecule has 2 rings (SSSR count). The minimum atomic E-state index is -3.26. The molecule has 0 aromatic rings. The predicted octanol–water partition coefficient (Wildman–Crippen LogP) is 0.500. The number of hydrogen-bond acceptors (Lipinski definition) is 4. The Morgan fingerprint density at radius 3 is 2.58 bits per heavy atom. The van der Waals surface area contributed by atoms with Crippen molar-refractivity contribution in [2.24, 2.45) is 10.9 Å². The third-order valence-corrected chi connectivity index (χ3v) is 6.24. The van der Waals surface area contributed by atoms with Gasteiger partial charge in [0, 0.05) is 45.7 Å². The first-order valence-electron chi connectivity index (χ1n) is 9.15. The molecule has 152 valence electrons. The van der Waals surface area contributed by atoms with Crippen LogP contribution in [0.1, 0.15) is 39.0 Å². The van der Waals surface area contributed by atoms with Crippen LogP contribution in [-0.2, 0) is 14.8 Å². The number of nitrogens with one attached hydrogen (secondary N) is 3. The van der Waals surface area contributed by atoms with Crippen molar-refractivity contribution in [3.8, 4) is 0 Å². The molecule has 1 heterocycles. The summed E-state index contributed by atoms with van der Waals surface area (Å²) in [4.78, 5) is 17.7. The average molecular weight is 501 g/mol. The maximum Gasteiger partial charge on any atom is 0.222 e. The van der Waals surface area contributed by atoms with E-state index in [4.69, 9.17) is 0 Å². The Bertz CT molecular complexity index is 580. The second-order valence-electron chi connectivity index (χ2n) is 6.79. The summed E-state index contributed by atoms with van der Waals surface area (Å²) in [6, 6.07) is 0.148. The standard InChI is InChI=1S/C16H31N5O3S.HI/c1-3-15(22)21-9-7-14(12-21)20-16(17-2)18-8-10-25(23,24)19-11-13-5-4-6-13;/h13-14,19H,3-12H2,1-2H3,(H2,17,18,20);1H. The molecular formula is C16H32IN5O3S. The number of hydrogen-bond donors (Lipinski definition) is 3. The Balaban J connectivity index is 0.00000338. The van der Waals surface area contributed by atoms with Crippen molar-refractivity contribution in [2.75, 3.05) is 39.0 Å². The van der Waals surface area contributed by atoms with Crippen molar-refractivity contribution >= 4 is 45.9 Å². The van der Waals surface area contributed by atoms with E-state index in [1.54, 1.807) is 7.05 Å². The number of sulfonamides is 1. The summed E-state index contributed by atoms with van der Waals surface area (Å²) in [7, 11) is -1.60. The number of nitrogens with zero attached hydrogens (tertiary/aromatic N) is 2. The maximum atomic E-state index is 12.0. The molecule has 26 heavy (non-hydrogen) atoms. The van der Waals surface area contributed by atoms with Crippen LogP contribution in [0.5, 0.6) is 0 Å². The van der Waals surface area contributed by atoms with Gasteiger partial charge in [-0.3, -0.25) is 9.79 Å². The van der Waals surface area contributed by atoms with Crippen LogP contribution in [0, 0.1) is 5.92 Å². The Morgan fingerprint density at radius 2 is 2.00 bits per heavy atom. The van der Waals surface area contributed by atoms with Gasteiger partial charge in [-0.15, -0.1) is 24.0 Å². The molecule has 1 saturated heterocycles. The highest BCUT2D eigenvalue weighted by Gasteiger charge is 2.26. The summed E-state index contributed by atoms with van der Waals surface area (Å²) in [5.74, 6) is 1.26. The summed E-state index contributed by atoms with van der Waals surface area (Å²) in [6.07, 6.45) is 4.84. The van der Waals surface area contributed by atoms with Gasteiger partial charge in [0.1, 0.15) is 0 Å². The molecule has 0 spiro atoms. The number of halogens is 1. The molecule has 0 radical (unpaired) electrons. The van der Waals surface area contributed by atoms with Crippen molar-refractivity contribution in [1.82, 2.24) is 20.3 Å². The summed E-state index contributed by atoms with van der Waals surface area (Å²) in [6.45, 7) is 4.13. The van der Waals surface area contributed by atoms with E-state index < -0.39 is 10.0 Å². The molecule has 1 amide bonds. The van der Waals surface area contributed by atoms with Crippen LogP contribution in [0.25, 0.3) is 0 Å². The zero-order chi connectivity index (χ0) is 18.3. The third kappa shape index (κ3) is 7.55. The Hall–Kier alpha value is -0.620. The molecule has 0 bridgehead atoms. The Kier molecular flexibility index (Phi) is 10.2. The number of rotatable bonds is 8. The van der Waals surface area contributed by atoms with Crippen molar-refractivity contribution in [1.29, 1.82) is 0 Å².